The number of nitrogens with zero attached hydrogens (tertiary/aromatic N) is 1. The molecule has 1 rings (SSSR count). The summed E-state index contributed by atoms with van der Waals surface area (Å²) in [6, 6.07) is 4.34. The van der Waals surface area contributed by atoms with Crippen molar-refractivity contribution in [3.8, 4) is 11.5 Å². The number of unbranched alkanes of at least 4 members (excludes halogenated alkanes) is 5. The predicted molar refractivity (Wildman–Crippen MR) is 83.5 cm³/mol. The number of nitrogens with one attached hydrogen (secondary N) is 1. The Kier molecular flexibility index (Phi) is 7.94. The van der Waals surface area contributed by atoms with E-state index in [0.29, 0.717) is 12.0 Å². The number of hydrogen-bond donors (Lipinski definition) is 3. The highest BCUT2D eigenvalue weighted by Gasteiger charge is 2.00. The van der Waals surface area contributed by atoms with E-state index in [1.807, 2.05) is 0 Å². The number of hydrazone groups is 1. The van der Waals surface area contributed by atoms with E-state index in [1.165, 1.54) is 44.0 Å². The number of benzene rings is 1. The minimum absolute atomic E-state index is 0.107. The van der Waals surface area contributed by atoms with Crippen LogP contribution in [0.1, 0.15) is 57.4 Å². The molecule has 0 aliphatic heterocycles. The summed E-state index contributed by atoms with van der Waals surface area (Å²) in [5.41, 5.74) is 3.06. The monoisotopic (exact) mass is 292 g/mol. The first-order chi connectivity index (χ1) is 10.1. The first-order valence-corrected chi connectivity index (χ1v) is 7.47. The van der Waals surface area contributed by atoms with Crippen molar-refractivity contribution in [1.82, 2.24) is 5.43 Å². The summed E-state index contributed by atoms with van der Waals surface area (Å²) in [4.78, 5) is 11.5. The average molecular weight is 292 g/mol. The predicted octanol–water partition coefficient (Wildman–Crippen LogP) is 3.30. The Hall–Kier alpha value is -2.04. The number of hydrogen-bond acceptors (Lipinski definition) is 4. The molecule has 0 saturated carbocycles. The van der Waals surface area contributed by atoms with Crippen molar-refractivity contribution in [3.63, 3.8) is 0 Å². The Morgan fingerprint density at radius 1 is 1.14 bits per heavy atom. The lowest BCUT2D eigenvalue weighted by Crippen LogP contribution is -2.16. The lowest BCUT2D eigenvalue weighted by Gasteiger charge is -2.01. The van der Waals surface area contributed by atoms with Gasteiger partial charge in [0.05, 0.1) is 6.21 Å². The molecule has 3 N–H and O–H groups in total. The van der Waals surface area contributed by atoms with Crippen LogP contribution in [0.2, 0.25) is 0 Å². The fraction of sp³-hybridized carbons (Fsp3) is 0.500. The SMILES string of the molecule is CCCCCCCCC(=O)NN=Cc1ccc(O)c(O)c1. The molecule has 0 atom stereocenters. The molecule has 0 saturated heterocycles. The van der Waals surface area contributed by atoms with Gasteiger partial charge in [0.15, 0.2) is 11.5 Å². The van der Waals surface area contributed by atoms with E-state index in [4.69, 9.17) is 5.11 Å². The van der Waals surface area contributed by atoms with Crippen LogP contribution in [0, 0.1) is 0 Å². The Bertz CT molecular complexity index is 473. The van der Waals surface area contributed by atoms with E-state index in [-0.39, 0.29) is 17.4 Å². The van der Waals surface area contributed by atoms with Gasteiger partial charge in [0.1, 0.15) is 0 Å². The number of carbonyl (C=O) groups is 1. The molecule has 0 heterocycles. The van der Waals surface area contributed by atoms with E-state index in [2.05, 4.69) is 17.5 Å². The van der Waals surface area contributed by atoms with E-state index in [0.717, 1.165) is 12.8 Å². The summed E-state index contributed by atoms with van der Waals surface area (Å²) in [5.74, 6) is -0.499. The summed E-state index contributed by atoms with van der Waals surface area (Å²) in [5, 5.41) is 22.3. The van der Waals surface area contributed by atoms with Gasteiger partial charge in [0.2, 0.25) is 5.91 Å². The average Bonchev–Trinajstić information content (AvgIpc) is 2.46. The molecule has 0 bridgehead atoms. The first-order valence-electron chi connectivity index (χ1n) is 7.47. The molecule has 0 aliphatic carbocycles. The molecule has 0 aromatic heterocycles. The van der Waals surface area contributed by atoms with Gasteiger partial charge in [-0.05, 0) is 30.2 Å². The smallest absolute Gasteiger partial charge is 0.240 e. The minimum Gasteiger partial charge on any atom is -0.504 e. The van der Waals surface area contributed by atoms with Crippen LogP contribution in [0.3, 0.4) is 0 Å². The molecule has 0 unspecified atom stereocenters. The Balaban J connectivity index is 2.20. The third-order valence-corrected chi connectivity index (χ3v) is 3.16. The van der Waals surface area contributed by atoms with Crippen molar-refractivity contribution in [2.45, 2.75) is 51.9 Å². The van der Waals surface area contributed by atoms with Crippen LogP contribution >= 0.6 is 0 Å². The second-order valence-corrected chi connectivity index (χ2v) is 5.06. The van der Waals surface area contributed by atoms with Crippen LogP contribution in [-0.4, -0.2) is 22.3 Å². The summed E-state index contributed by atoms with van der Waals surface area (Å²) in [7, 11) is 0. The highest BCUT2D eigenvalue weighted by molar-refractivity contribution is 5.83. The van der Waals surface area contributed by atoms with Gasteiger partial charge in [-0.25, -0.2) is 5.43 Å². The topological polar surface area (TPSA) is 81.9 Å². The van der Waals surface area contributed by atoms with E-state index in [9.17, 15) is 9.90 Å². The van der Waals surface area contributed by atoms with Gasteiger partial charge in [-0.15, -0.1) is 0 Å². The highest BCUT2D eigenvalue weighted by Crippen LogP contribution is 2.23. The zero-order valence-electron chi connectivity index (χ0n) is 12.5. The summed E-state index contributed by atoms with van der Waals surface area (Å²) < 4.78 is 0. The molecule has 21 heavy (non-hydrogen) atoms. The molecule has 5 nitrogen and oxygen atoms in total. The number of rotatable bonds is 9. The van der Waals surface area contributed by atoms with Gasteiger partial charge in [-0.1, -0.05) is 39.0 Å². The second kappa shape index (κ2) is 9.80. The number of carbonyl (C=O) groups excluding carboxylic acids is 1. The molecular formula is C16H24N2O3. The minimum atomic E-state index is -0.211. The third kappa shape index (κ3) is 7.34. The standard InChI is InChI=1S/C16H24N2O3/c1-2-3-4-5-6-7-8-16(21)18-17-12-13-9-10-14(19)15(20)11-13/h9-12,19-20H,2-8H2,1H3,(H,18,21). The van der Waals surface area contributed by atoms with Gasteiger partial charge in [0, 0.05) is 6.42 Å². The van der Waals surface area contributed by atoms with Crippen molar-refractivity contribution in [2.24, 2.45) is 5.10 Å². The van der Waals surface area contributed by atoms with Gasteiger partial charge in [-0.2, -0.15) is 5.10 Å². The Labute approximate surface area is 125 Å². The van der Waals surface area contributed by atoms with Gasteiger partial charge < -0.3 is 10.2 Å². The molecule has 5 heteroatoms. The summed E-state index contributed by atoms with van der Waals surface area (Å²) in [6.07, 6.45) is 8.76. The molecule has 1 amide bonds. The molecular weight excluding hydrogens is 268 g/mol. The third-order valence-electron chi connectivity index (χ3n) is 3.16. The zero-order valence-corrected chi connectivity index (χ0v) is 12.5. The van der Waals surface area contributed by atoms with Crippen LogP contribution in [0.4, 0.5) is 0 Å². The zero-order chi connectivity index (χ0) is 15.5. The molecule has 0 radical (unpaired) electrons. The Morgan fingerprint density at radius 3 is 2.57 bits per heavy atom. The molecule has 0 fully saturated rings. The molecule has 1 aromatic carbocycles. The number of phenolic OH excluding ortho intramolecular Hbond substituents is 2. The molecule has 0 spiro atoms. The van der Waals surface area contributed by atoms with Crippen molar-refractivity contribution in [2.75, 3.05) is 0 Å². The van der Waals surface area contributed by atoms with Crippen LogP contribution in [0.15, 0.2) is 23.3 Å². The maximum Gasteiger partial charge on any atom is 0.240 e. The fourth-order valence-corrected chi connectivity index (χ4v) is 1.92. The van der Waals surface area contributed by atoms with E-state index >= 15 is 0 Å². The molecule has 0 aliphatic rings. The second-order valence-electron chi connectivity index (χ2n) is 5.06. The number of aromatic hydroxyl groups is 2. The normalized spacial score (nSPS) is 10.9. The van der Waals surface area contributed by atoms with E-state index < -0.39 is 0 Å². The van der Waals surface area contributed by atoms with Crippen LogP contribution in [-0.2, 0) is 4.79 Å². The molecule has 116 valence electrons. The quantitative estimate of drug-likeness (QED) is 0.283. The van der Waals surface area contributed by atoms with Crippen molar-refractivity contribution in [1.29, 1.82) is 0 Å². The van der Waals surface area contributed by atoms with E-state index in [1.54, 1.807) is 6.07 Å². The fourth-order valence-electron chi connectivity index (χ4n) is 1.92. The lowest BCUT2D eigenvalue weighted by atomic mass is 10.1. The summed E-state index contributed by atoms with van der Waals surface area (Å²) in [6.45, 7) is 2.18. The first kappa shape index (κ1) is 17.0. The Morgan fingerprint density at radius 2 is 1.86 bits per heavy atom. The molecule has 1 aromatic rings. The maximum atomic E-state index is 11.5. The van der Waals surface area contributed by atoms with Crippen LogP contribution in [0.25, 0.3) is 0 Å². The van der Waals surface area contributed by atoms with Gasteiger partial charge in [-0.3, -0.25) is 4.79 Å². The maximum absolute atomic E-state index is 11.5. The van der Waals surface area contributed by atoms with Crippen LogP contribution in [0.5, 0.6) is 11.5 Å². The summed E-state index contributed by atoms with van der Waals surface area (Å²) >= 11 is 0. The van der Waals surface area contributed by atoms with Crippen LogP contribution < -0.4 is 5.43 Å². The van der Waals surface area contributed by atoms with Gasteiger partial charge in [0.25, 0.3) is 0 Å². The highest BCUT2D eigenvalue weighted by atomic mass is 16.3. The van der Waals surface area contributed by atoms with Gasteiger partial charge >= 0.3 is 0 Å². The lowest BCUT2D eigenvalue weighted by molar-refractivity contribution is -0.121. The van der Waals surface area contributed by atoms with Crippen molar-refractivity contribution >= 4 is 12.1 Å². The largest absolute Gasteiger partial charge is 0.504 e. The van der Waals surface area contributed by atoms with Crippen molar-refractivity contribution in [3.05, 3.63) is 23.8 Å². The number of phenols is 2. The van der Waals surface area contributed by atoms with Crippen molar-refractivity contribution < 1.29 is 15.0 Å². The number of amides is 1.